The minimum Gasteiger partial charge on any atom is -0.331 e. The van der Waals surface area contributed by atoms with Crippen molar-refractivity contribution in [2.75, 3.05) is 0 Å². The van der Waals surface area contributed by atoms with Crippen molar-refractivity contribution >= 4 is 17.3 Å². The van der Waals surface area contributed by atoms with Gasteiger partial charge in [-0.2, -0.15) is 0 Å². The molecule has 0 bridgehead atoms. The van der Waals surface area contributed by atoms with E-state index in [4.69, 9.17) is 0 Å². The van der Waals surface area contributed by atoms with Crippen LogP contribution in [0, 0.1) is 10.1 Å². The third kappa shape index (κ3) is 2.49. The zero-order valence-electron chi connectivity index (χ0n) is 8.39. The van der Waals surface area contributed by atoms with E-state index in [9.17, 15) is 19.7 Å². The molecule has 0 amide bonds. The Kier molecular flexibility index (Phi) is 2.99. The molecule has 0 N–H and O–H groups in total. The maximum absolute atomic E-state index is 11.1. The van der Waals surface area contributed by atoms with Gasteiger partial charge in [-0.25, -0.2) is 0 Å². The van der Waals surface area contributed by atoms with Gasteiger partial charge < -0.3 is 4.57 Å². The van der Waals surface area contributed by atoms with E-state index >= 15 is 0 Å². The summed E-state index contributed by atoms with van der Waals surface area (Å²) < 4.78 is 1.29. The number of hydrogen-bond acceptors (Lipinski definition) is 4. The molecule has 0 aliphatic rings. The molecule has 1 heterocycles. The molecule has 0 saturated heterocycles. The van der Waals surface area contributed by atoms with Crippen LogP contribution in [0.4, 0.5) is 5.69 Å². The summed E-state index contributed by atoms with van der Waals surface area (Å²) >= 11 is 0. The van der Waals surface area contributed by atoms with Gasteiger partial charge in [0.05, 0.1) is 23.4 Å². The highest BCUT2D eigenvalue weighted by Crippen LogP contribution is 2.16. The molecule has 1 aromatic rings. The van der Waals surface area contributed by atoms with Crippen molar-refractivity contribution in [2.45, 2.75) is 20.4 Å². The zero-order chi connectivity index (χ0) is 11.6. The van der Waals surface area contributed by atoms with E-state index in [-0.39, 0.29) is 29.5 Å². The van der Waals surface area contributed by atoms with Gasteiger partial charge in [-0.3, -0.25) is 19.7 Å². The van der Waals surface area contributed by atoms with Gasteiger partial charge in [0, 0.05) is 13.0 Å². The summed E-state index contributed by atoms with van der Waals surface area (Å²) in [6, 6.07) is 1.17. The first-order chi connectivity index (χ1) is 6.91. The van der Waals surface area contributed by atoms with Crippen LogP contribution in [0.2, 0.25) is 0 Å². The van der Waals surface area contributed by atoms with Gasteiger partial charge >= 0.3 is 0 Å². The van der Waals surface area contributed by atoms with Crippen molar-refractivity contribution in [3.63, 3.8) is 0 Å². The normalized spacial score (nSPS) is 10.0. The van der Waals surface area contributed by atoms with Crippen molar-refractivity contribution in [3.05, 3.63) is 28.1 Å². The van der Waals surface area contributed by atoms with Crippen LogP contribution in [0.25, 0.3) is 0 Å². The molecule has 1 rings (SSSR count). The lowest BCUT2D eigenvalue weighted by Crippen LogP contribution is -2.10. The maximum Gasteiger partial charge on any atom is 0.287 e. The fourth-order valence-corrected chi connectivity index (χ4v) is 1.26. The third-order valence-corrected chi connectivity index (χ3v) is 1.85. The quantitative estimate of drug-likeness (QED) is 0.424. The Morgan fingerprint density at radius 3 is 2.47 bits per heavy atom. The molecule has 15 heavy (non-hydrogen) atoms. The second-order valence-electron chi connectivity index (χ2n) is 3.23. The Morgan fingerprint density at radius 2 is 2.07 bits per heavy atom. The summed E-state index contributed by atoms with van der Waals surface area (Å²) in [5.41, 5.74) is -0.00153. The Hall–Kier alpha value is -1.98. The summed E-state index contributed by atoms with van der Waals surface area (Å²) in [4.78, 5) is 31.9. The van der Waals surface area contributed by atoms with Crippen molar-refractivity contribution in [2.24, 2.45) is 0 Å². The molecule has 0 fully saturated rings. The molecule has 6 heteroatoms. The van der Waals surface area contributed by atoms with Gasteiger partial charge in [0.15, 0.2) is 5.78 Å². The highest BCUT2D eigenvalue weighted by Gasteiger charge is 2.17. The summed E-state index contributed by atoms with van der Waals surface area (Å²) in [5.74, 6) is -0.465. The number of rotatable bonds is 4. The van der Waals surface area contributed by atoms with Crippen LogP contribution in [0.15, 0.2) is 12.3 Å². The minimum atomic E-state index is -0.594. The highest BCUT2D eigenvalue weighted by molar-refractivity contribution is 5.94. The molecule has 6 nitrogen and oxygen atoms in total. The van der Waals surface area contributed by atoms with Crippen molar-refractivity contribution < 1.29 is 14.5 Å². The standard InChI is InChI=1S/C9H10N2O4/c1-6(12)4-10-5-8(11(14)15)3-9(10)7(2)13/h3,5H,4H2,1-2H3. The van der Waals surface area contributed by atoms with E-state index in [0.717, 1.165) is 0 Å². The Bertz CT molecular complexity index is 433. The molecule has 0 radical (unpaired) electrons. The first-order valence-corrected chi connectivity index (χ1v) is 4.26. The van der Waals surface area contributed by atoms with Crippen LogP contribution in [-0.2, 0) is 11.3 Å². The number of nitrogens with zero attached hydrogens (tertiary/aromatic N) is 2. The maximum atomic E-state index is 11.1. The van der Waals surface area contributed by atoms with Crippen LogP contribution in [0.3, 0.4) is 0 Å². The number of ketones is 2. The first-order valence-electron chi connectivity index (χ1n) is 4.26. The monoisotopic (exact) mass is 210 g/mol. The second-order valence-corrected chi connectivity index (χ2v) is 3.23. The van der Waals surface area contributed by atoms with Crippen molar-refractivity contribution in [1.29, 1.82) is 0 Å². The number of nitro groups is 1. The van der Waals surface area contributed by atoms with Gasteiger partial charge in [0.2, 0.25) is 0 Å². The van der Waals surface area contributed by atoms with E-state index in [2.05, 4.69) is 0 Å². The Labute approximate surface area is 85.7 Å². The summed E-state index contributed by atoms with van der Waals surface area (Å²) in [6.07, 6.45) is 1.19. The average Bonchev–Trinajstić information content (AvgIpc) is 2.46. The predicted octanol–water partition coefficient (Wildman–Crippen LogP) is 1.19. The Balaban J connectivity index is 3.17. The SMILES string of the molecule is CC(=O)Cn1cc([N+](=O)[O-])cc1C(C)=O. The molecular weight excluding hydrogens is 200 g/mol. The summed E-state index contributed by atoms with van der Waals surface area (Å²) in [6.45, 7) is 2.63. The fraction of sp³-hybridized carbons (Fsp3) is 0.333. The van der Waals surface area contributed by atoms with E-state index < -0.39 is 4.92 Å². The number of carbonyl (C=O) groups excluding carboxylic acids is 2. The average molecular weight is 210 g/mol. The summed E-state index contributed by atoms with van der Waals surface area (Å²) in [5, 5.41) is 10.5. The van der Waals surface area contributed by atoms with E-state index in [1.54, 1.807) is 0 Å². The molecule has 1 aromatic heterocycles. The van der Waals surface area contributed by atoms with Crippen LogP contribution >= 0.6 is 0 Å². The molecular formula is C9H10N2O4. The minimum absolute atomic E-state index is 0.0250. The lowest BCUT2D eigenvalue weighted by molar-refractivity contribution is -0.384. The van der Waals surface area contributed by atoms with E-state index in [1.807, 2.05) is 0 Å². The summed E-state index contributed by atoms with van der Waals surface area (Å²) in [7, 11) is 0. The fourth-order valence-electron chi connectivity index (χ4n) is 1.26. The number of Topliss-reactive ketones (excluding diaryl/α,β-unsaturated/α-hetero) is 2. The third-order valence-electron chi connectivity index (χ3n) is 1.85. The molecule has 0 aliphatic carbocycles. The highest BCUT2D eigenvalue weighted by atomic mass is 16.6. The molecule has 0 unspecified atom stereocenters. The first kappa shape index (κ1) is 11.1. The smallest absolute Gasteiger partial charge is 0.287 e. The topological polar surface area (TPSA) is 82.2 Å². The molecule has 0 saturated carbocycles. The van der Waals surface area contributed by atoms with Crippen LogP contribution in [0.5, 0.6) is 0 Å². The van der Waals surface area contributed by atoms with Gasteiger partial charge in [0.1, 0.15) is 5.78 Å². The van der Waals surface area contributed by atoms with E-state index in [0.29, 0.717) is 0 Å². The van der Waals surface area contributed by atoms with Crippen LogP contribution < -0.4 is 0 Å². The molecule has 0 atom stereocenters. The van der Waals surface area contributed by atoms with Gasteiger partial charge in [-0.15, -0.1) is 0 Å². The Morgan fingerprint density at radius 1 is 1.47 bits per heavy atom. The van der Waals surface area contributed by atoms with Crippen LogP contribution in [-0.4, -0.2) is 21.1 Å². The second kappa shape index (κ2) is 4.04. The largest absolute Gasteiger partial charge is 0.331 e. The number of hydrogen-bond donors (Lipinski definition) is 0. The van der Waals surface area contributed by atoms with Crippen molar-refractivity contribution in [1.82, 2.24) is 4.57 Å². The predicted molar refractivity (Wildman–Crippen MR) is 51.8 cm³/mol. The molecule has 0 aliphatic heterocycles. The van der Waals surface area contributed by atoms with Crippen LogP contribution in [0.1, 0.15) is 24.3 Å². The number of aromatic nitrogens is 1. The molecule has 0 aromatic carbocycles. The van der Waals surface area contributed by atoms with E-state index in [1.165, 1.54) is 30.7 Å². The van der Waals surface area contributed by atoms with Gasteiger partial charge in [-0.1, -0.05) is 0 Å². The zero-order valence-corrected chi connectivity index (χ0v) is 8.39. The van der Waals surface area contributed by atoms with Gasteiger partial charge in [-0.05, 0) is 6.92 Å². The molecule has 0 spiro atoms. The number of carbonyl (C=O) groups is 2. The lowest BCUT2D eigenvalue weighted by atomic mass is 10.3. The van der Waals surface area contributed by atoms with Gasteiger partial charge in [0.25, 0.3) is 5.69 Å². The van der Waals surface area contributed by atoms with Crippen molar-refractivity contribution in [3.8, 4) is 0 Å². The molecule has 80 valence electrons. The lowest BCUT2D eigenvalue weighted by Gasteiger charge is -2.01.